The first kappa shape index (κ1) is 18.6. The Morgan fingerprint density at radius 3 is 2.72 bits per heavy atom. The molecule has 0 bridgehead atoms. The lowest BCUT2D eigenvalue weighted by molar-refractivity contribution is 0.234. The number of fused-ring (bicyclic) bond motifs is 3. The van der Waals surface area contributed by atoms with E-state index in [4.69, 9.17) is 11.4 Å². The molecule has 1 aliphatic carbocycles. The summed E-state index contributed by atoms with van der Waals surface area (Å²) in [4.78, 5) is 12.6. The fourth-order valence-electron chi connectivity index (χ4n) is 4.91. The van der Waals surface area contributed by atoms with E-state index >= 15 is 0 Å². The van der Waals surface area contributed by atoms with Crippen molar-refractivity contribution in [1.82, 2.24) is 23.8 Å². The van der Waals surface area contributed by atoms with E-state index in [9.17, 15) is 8.42 Å². The average molecular weight is 412 g/mol. The molecule has 7 nitrogen and oxygen atoms in total. The second-order valence-electron chi connectivity index (χ2n) is 8.43. The van der Waals surface area contributed by atoms with E-state index in [0.29, 0.717) is 25.0 Å². The van der Waals surface area contributed by atoms with Crippen LogP contribution in [0.1, 0.15) is 49.9 Å². The number of aromatic nitrogens is 4. The van der Waals surface area contributed by atoms with Gasteiger partial charge >= 0.3 is 0 Å². The summed E-state index contributed by atoms with van der Waals surface area (Å²) in [5.41, 5.74) is 2.86. The van der Waals surface area contributed by atoms with Crippen LogP contribution in [0.3, 0.4) is 0 Å². The van der Waals surface area contributed by atoms with Crippen LogP contribution in [0.4, 0.5) is 0 Å². The van der Waals surface area contributed by atoms with Gasteiger partial charge in [-0.25, -0.2) is 22.7 Å². The third-order valence-corrected chi connectivity index (χ3v) is 7.77. The molecule has 152 valence electrons. The summed E-state index contributed by atoms with van der Waals surface area (Å²) >= 11 is 0. The maximum Gasteiger partial charge on any atom is 0.211 e. The zero-order valence-corrected chi connectivity index (χ0v) is 17.3. The molecule has 0 atom stereocenters. The summed E-state index contributed by atoms with van der Waals surface area (Å²) in [6.45, 7) is 0.997. The Hall–Kier alpha value is -2.37. The van der Waals surface area contributed by atoms with Crippen LogP contribution in [0.2, 0.25) is 0 Å². The van der Waals surface area contributed by atoms with Gasteiger partial charge in [0.15, 0.2) is 0 Å². The van der Waals surface area contributed by atoms with Crippen LogP contribution in [-0.2, 0) is 10.0 Å². The molecule has 0 spiro atoms. The third-order valence-electron chi connectivity index (χ3n) is 6.53. The molecule has 0 unspecified atom stereocenters. The molecule has 0 radical (unpaired) electrons. The maximum atomic E-state index is 11.9. The van der Waals surface area contributed by atoms with Gasteiger partial charge in [-0.3, -0.25) is 0 Å². The van der Waals surface area contributed by atoms with Crippen LogP contribution in [-0.4, -0.2) is 51.6 Å². The SMILES string of the molecule is C#CC[C@H]1CC[C@H](n2c(C3CN(S(C)(=O)=O)C3)nc3cnc4[nH]ccc4c32)CC1. The monoisotopic (exact) mass is 411 g/mol. The molecule has 1 N–H and O–H groups in total. The first-order valence-electron chi connectivity index (χ1n) is 10.2. The van der Waals surface area contributed by atoms with Gasteiger partial charge in [-0.05, 0) is 37.7 Å². The van der Waals surface area contributed by atoms with Gasteiger partial charge in [0.25, 0.3) is 0 Å². The lowest BCUT2D eigenvalue weighted by Gasteiger charge is -2.38. The molecular weight excluding hydrogens is 386 g/mol. The quantitative estimate of drug-likeness (QED) is 0.669. The van der Waals surface area contributed by atoms with Gasteiger partial charge in [-0.1, -0.05) is 0 Å². The highest BCUT2D eigenvalue weighted by molar-refractivity contribution is 7.88. The number of aromatic amines is 1. The number of terminal acetylenes is 1. The van der Waals surface area contributed by atoms with Crippen molar-refractivity contribution in [1.29, 1.82) is 0 Å². The smallest absolute Gasteiger partial charge is 0.211 e. The van der Waals surface area contributed by atoms with Crippen LogP contribution in [0.25, 0.3) is 22.1 Å². The van der Waals surface area contributed by atoms with Crippen molar-refractivity contribution in [2.75, 3.05) is 19.3 Å². The molecule has 0 aromatic carbocycles. The molecule has 2 aliphatic rings. The highest BCUT2D eigenvalue weighted by Gasteiger charge is 2.39. The molecule has 1 saturated heterocycles. The average Bonchev–Trinajstić information content (AvgIpc) is 3.24. The van der Waals surface area contributed by atoms with Crippen molar-refractivity contribution < 1.29 is 8.42 Å². The van der Waals surface area contributed by atoms with Gasteiger partial charge in [0.05, 0.1) is 18.0 Å². The summed E-state index contributed by atoms with van der Waals surface area (Å²) in [7, 11) is -3.15. The molecule has 4 heterocycles. The Labute approximate surface area is 170 Å². The van der Waals surface area contributed by atoms with E-state index < -0.39 is 10.0 Å². The molecule has 1 aliphatic heterocycles. The molecule has 2 fully saturated rings. The fourth-order valence-corrected chi connectivity index (χ4v) is 5.82. The van der Waals surface area contributed by atoms with Crippen molar-refractivity contribution >= 4 is 32.1 Å². The maximum absolute atomic E-state index is 11.9. The zero-order valence-electron chi connectivity index (χ0n) is 16.5. The highest BCUT2D eigenvalue weighted by Crippen LogP contribution is 2.40. The molecular formula is C21H25N5O2S. The number of sulfonamides is 1. The minimum absolute atomic E-state index is 0.120. The van der Waals surface area contributed by atoms with Crippen molar-refractivity contribution in [2.24, 2.45) is 5.92 Å². The van der Waals surface area contributed by atoms with Gasteiger partial charge in [-0.2, -0.15) is 0 Å². The summed E-state index contributed by atoms with van der Waals surface area (Å²) in [5, 5.41) is 1.08. The van der Waals surface area contributed by atoms with Gasteiger partial charge in [0.1, 0.15) is 17.0 Å². The zero-order chi connectivity index (χ0) is 20.2. The number of hydrogen-bond donors (Lipinski definition) is 1. The molecule has 29 heavy (non-hydrogen) atoms. The highest BCUT2D eigenvalue weighted by atomic mass is 32.2. The van der Waals surface area contributed by atoms with E-state index in [1.54, 1.807) is 0 Å². The summed E-state index contributed by atoms with van der Waals surface area (Å²) in [6.07, 6.45) is 15.8. The normalized spacial score (nSPS) is 24.0. The van der Waals surface area contributed by atoms with E-state index in [2.05, 4.69) is 26.5 Å². The van der Waals surface area contributed by atoms with Gasteiger partial charge in [-0.15, -0.1) is 12.3 Å². The number of rotatable bonds is 4. The van der Waals surface area contributed by atoms with E-state index in [0.717, 1.165) is 60.0 Å². The summed E-state index contributed by atoms with van der Waals surface area (Å²) in [5.74, 6) is 4.53. The number of nitrogens with one attached hydrogen (secondary N) is 1. The van der Waals surface area contributed by atoms with Crippen LogP contribution >= 0.6 is 0 Å². The van der Waals surface area contributed by atoms with Crippen molar-refractivity contribution in [2.45, 2.75) is 44.1 Å². The lowest BCUT2D eigenvalue weighted by atomic mass is 9.84. The van der Waals surface area contributed by atoms with Gasteiger partial charge < -0.3 is 9.55 Å². The number of imidazole rings is 1. The standard InChI is InChI=1S/C21H25N5O2S/c1-3-4-14-5-7-16(8-6-14)26-19-17-9-10-22-20(17)23-11-18(19)24-21(26)15-12-25(13-15)29(2,27)28/h1,9-11,14-16H,4-8,12-13H2,2H3,(H,22,23)/t14-,16-. The van der Waals surface area contributed by atoms with E-state index in [1.807, 2.05) is 12.4 Å². The summed E-state index contributed by atoms with van der Waals surface area (Å²) < 4.78 is 27.6. The Morgan fingerprint density at radius 1 is 1.28 bits per heavy atom. The Bertz CT molecular complexity index is 1210. The van der Waals surface area contributed by atoms with Crippen LogP contribution < -0.4 is 0 Å². The second kappa shape index (κ2) is 6.85. The Kier molecular flexibility index (Phi) is 4.41. The van der Waals surface area contributed by atoms with Crippen molar-refractivity contribution in [3.8, 4) is 12.3 Å². The number of hydrogen-bond acceptors (Lipinski definition) is 4. The number of pyridine rings is 1. The minimum atomic E-state index is -3.15. The van der Waals surface area contributed by atoms with Crippen LogP contribution in [0.5, 0.6) is 0 Å². The predicted octanol–water partition coefficient (Wildman–Crippen LogP) is 3.03. The third kappa shape index (κ3) is 3.13. The van der Waals surface area contributed by atoms with E-state index in [-0.39, 0.29) is 5.92 Å². The lowest BCUT2D eigenvalue weighted by Crippen LogP contribution is -2.48. The van der Waals surface area contributed by atoms with Crippen molar-refractivity contribution in [3.63, 3.8) is 0 Å². The molecule has 5 rings (SSSR count). The Morgan fingerprint density at radius 2 is 2.03 bits per heavy atom. The second-order valence-corrected chi connectivity index (χ2v) is 10.4. The Balaban J connectivity index is 1.57. The number of nitrogens with zero attached hydrogens (tertiary/aromatic N) is 4. The van der Waals surface area contributed by atoms with Gasteiger partial charge in [0.2, 0.25) is 10.0 Å². The topological polar surface area (TPSA) is 83.9 Å². The first-order chi connectivity index (χ1) is 14.0. The summed E-state index contributed by atoms with van der Waals surface area (Å²) in [6, 6.07) is 2.41. The molecule has 3 aromatic rings. The first-order valence-corrected chi connectivity index (χ1v) is 12.0. The fraction of sp³-hybridized carbons (Fsp3) is 0.524. The van der Waals surface area contributed by atoms with Crippen LogP contribution in [0, 0.1) is 18.3 Å². The van der Waals surface area contributed by atoms with E-state index in [1.165, 1.54) is 10.6 Å². The predicted molar refractivity (Wildman–Crippen MR) is 113 cm³/mol. The van der Waals surface area contributed by atoms with Gasteiger partial charge in [0, 0.05) is 43.1 Å². The molecule has 3 aromatic heterocycles. The molecule has 0 amide bonds. The molecule has 8 heteroatoms. The molecule has 1 saturated carbocycles. The van der Waals surface area contributed by atoms with Crippen molar-refractivity contribution in [3.05, 3.63) is 24.3 Å². The number of H-pyrrole nitrogens is 1. The van der Waals surface area contributed by atoms with Crippen LogP contribution in [0.15, 0.2) is 18.5 Å². The minimum Gasteiger partial charge on any atom is -0.346 e. The largest absolute Gasteiger partial charge is 0.346 e.